The van der Waals surface area contributed by atoms with Crippen molar-refractivity contribution < 1.29 is 0 Å². The minimum Gasteiger partial charge on any atom is -0.308 e. The molecule has 0 saturated heterocycles. The summed E-state index contributed by atoms with van der Waals surface area (Å²) in [7, 11) is 0. The second-order valence-corrected chi connectivity index (χ2v) is 15.8. The monoisotopic (exact) mass is 669 g/mol. The van der Waals surface area contributed by atoms with Gasteiger partial charge in [-0.25, -0.2) is 0 Å². The van der Waals surface area contributed by atoms with E-state index in [0.29, 0.717) is 0 Å². The Labute approximate surface area is 304 Å². The summed E-state index contributed by atoms with van der Waals surface area (Å²) in [6.45, 7) is 11.8. The molecule has 0 N–H and O–H groups in total. The maximum Gasteiger partial charge on any atom is 0.240 e. The van der Waals surface area contributed by atoms with Gasteiger partial charge in [0.2, 0.25) is 13.4 Å². The molecule has 3 heterocycles. The van der Waals surface area contributed by atoms with Crippen LogP contribution >= 0.6 is 11.3 Å². The van der Waals surface area contributed by atoms with Crippen molar-refractivity contribution in [2.75, 3.05) is 0 Å². The zero-order chi connectivity index (χ0) is 34.5. The van der Waals surface area contributed by atoms with Crippen molar-refractivity contribution in [3.05, 3.63) is 161 Å². The number of hydrogen-bond acceptors (Lipinski definition) is 1. The first-order valence-corrected chi connectivity index (χ1v) is 18.9. The van der Waals surface area contributed by atoms with Gasteiger partial charge in [-0.15, -0.1) is 11.3 Å². The molecule has 0 radical (unpaired) electrons. The zero-order valence-corrected chi connectivity index (χ0v) is 30.5. The lowest BCUT2D eigenvalue weighted by Gasteiger charge is -2.34. The van der Waals surface area contributed by atoms with Gasteiger partial charge in [-0.05, 0) is 58.9 Å². The van der Waals surface area contributed by atoms with Crippen LogP contribution in [0.4, 0.5) is 0 Å². The van der Waals surface area contributed by atoms with Gasteiger partial charge in [-0.3, -0.25) is 0 Å². The quantitative estimate of drug-likeness (QED) is 0.168. The Morgan fingerprint density at radius 2 is 0.922 bits per heavy atom. The summed E-state index contributed by atoms with van der Waals surface area (Å²) in [4.78, 5) is 0. The van der Waals surface area contributed by atoms with Crippen molar-refractivity contribution in [1.29, 1.82) is 0 Å². The average Bonchev–Trinajstić information content (AvgIpc) is 3.68. The number of fused-ring (bicyclic) bond motifs is 9. The van der Waals surface area contributed by atoms with Crippen LogP contribution in [0.25, 0.3) is 47.7 Å². The smallest absolute Gasteiger partial charge is 0.240 e. The molecule has 7 aromatic carbocycles. The molecule has 4 heteroatoms. The molecule has 0 aliphatic carbocycles. The lowest BCUT2D eigenvalue weighted by atomic mass is 9.20. The number of thiophene rings is 1. The molecule has 9 aromatic rings. The summed E-state index contributed by atoms with van der Waals surface area (Å²) in [6.07, 6.45) is 0. The van der Waals surface area contributed by atoms with E-state index in [1.54, 1.807) is 0 Å². The van der Waals surface area contributed by atoms with Gasteiger partial charge in [-0.2, -0.15) is 0 Å². The number of para-hydroxylation sites is 1. The second kappa shape index (κ2) is 11.4. The second-order valence-electron chi connectivity index (χ2n) is 14.7. The summed E-state index contributed by atoms with van der Waals surface area (Å²) in [5.74, 6) is 0. The van der Waals surface area contributed by atoms with Gasteiger partial charge < -0.3 is 4.57 Å². The van der Waals surface area contributed by atoms with Crippen LogP contribution in [0.1, 0.15) is 27.8 Å². The van der Waals surface area contributed by atoms with E-state index in [4.69, 9.17) is 0 Å². The Hall–Kier alpha value is -5.31. The van der Waals surface area contributed by atoms with Crippen molar-refractivity contribution in [3.63, 3.8) is 0 Å². The maximum absolute atomic E-state index is 2.54. The molecule has 0 spiro atoms. The van der Waals surface area contributed by atoms with E-state index >= 15 is 0 Å². The fraction of sp³-hybridized carbons (Fsp3) is 0.106. The number of aryl methyl sites for hydroxylation is 5. The third-order valence-electron chi connectivity index (χ3n) is 11.6. The van der Waals surface area contributed by atoms with Crippen LogP contribution in [0.15, 0.2) is 133 Å². The van der Waals surface area contributed by atoms with Gasteiger partial charge in [0.15, 0.2) is 0 Å². The Morgan fingerprint density at radius 1 is 0.451 bits per heavy atom. The lowest BCUT2D eigenvalue weighted by molar-refractivity contribution is 1.17. The first-order valence-electron chi connectivity index (χ1n) is 18.1. The molecular weight excluding hydrogens is 632 g/mol. The molecule has 1 aliphatic heterocycles. The van der Waals surface area contributed by atoms with E-state index in [1.165, 1.54) is 108 Å². The minimum atomic E-state index is 0.154. The van der Waals surface area contributed by atoms with Crippen LogP contribution in [-0.2, 0) is 0 Å². The lowest BCUT2D eigenvalue weighted by Crippen LogP contribution is -2.75. The molecule has 0 unspecified atom stereocenters. The topological polar surface area (TPSA) is 4.93 Å². The van der Waals surface area contributed by atoms with E-state index in [9.17, 15) is 0 Å². The molecule has 0 fully saturated rings. The molecule has 2 aromatic heterocycles. The van der Waals surface area contributed by atoms with E-state index in [0.717, 1.165) is 0 Å². The van der Waals surface area contributed by atoms with Crippen LogP contribution in [0.2, 0.25) is 0 Å². The van der Waals surface area contributed by atoms with Crippen LogP contribution in [0.5, 0.6) is 0 Å². The highest BCUT2D eigenvalue weighted by atomic mass is 32.1. The molecule has 10 rings (SSSR count). The Bertz CT molecular complexity index is 2800. The molecule has 0 bridgehead atoms. The third-order valence-corrected chi connectivity index (χ3v) is 12.8. The summed E-state index contributed by atoms with van der Waals surface area (Å²) in [5.41, 5.74) is 19.1. The van der Waals surface area contributed by atoms with Gasteiger partial charge in [-0.1, -0.05) is 170 Å². The summed E-state index contributed by atoms with van der Waals surface area (Å²) in [6, 6.07) is 50.5. The number of hydrogen-bond donors (Lipinski definition) is 0. The Balaban J connectivity index is 1.21. The molecule has 0 saturated carbocycles. The third kappa shape index (κ3) is 4.42. The van der Waals surface area contributed by atoms with Crippen molar-refractivity contribution >= 4 is 99.5 Å². The van der Waals surface area contributed by atoms with Crippen molar-refractivity contribution in [3.8, 4) is 5.69 Å². The SMILES string of the molecule is Cc1cc(C)c(B2c3ccccc3B(c3c(C)cc(-n4c5ccccc5c5ccc6c7ccccc7sc6c54)cc3C)c3ccccc32)c(C)c1. The molecular formula is C47H37B2NS. The highest BCUT2D eigenvalue weighted by molar-refractivity contribution is 7.26. The highest BCUT2D eigenvalue weighted by Crippen LogP contribution is 2.42. The standard InChI is InChI=1S/C47H37B2NS/c1-28-24-29(2)44(30(3)25-28)48-38-16-8-10-18-40(38)49(41-19-11-9-17-39(41)48)45-31(4)26-33(27-32(45)5)50-42-20-12-6-14-34(42)36-22-23-37-35-15-7-13-21-43(35)51-47(37)46(36)50/h6-27H,1-5H3. The van der Waals surface area contributed by atoms with E-state index in [-0.39, 0.29) is 13.4 Å². The van der Waals surface area contributed by atoms with Crippen LogP contribution in [0.3, 0.4) is 0 Å². The van der Waals surface area contributed by atoms with Gasteiger partial charge >= 0.3 is 0 Å². The van der Waals surface area contributed by atoms with Crippen LogP contribution in [-0.4, -0.2) is 18.0 Å². The van der Waals surface area contributed by atoms with Gasteiger partial charge in [0, 0.05) is 31.9 Å². The van der Waals surface area contributed by atoms with Gasteiger partial charge in [0.1, 0.15) is 0 Å². The molecule has 51 heavy (non-hydrogen) atoms. The molecule has 1 nitrogen and oxygen atoms in total. The van der Waals surface area contributed by atoms with Crippen molar-refractivity contribution in [2.45, 2.75) is 34.6 Å². The first-order chi connectivity index (χ1) is 24.9. The Kier molecular flexibility index (Phi) is 6.79. The van der Waals surface area contributed by atoms with Gasteiger partial charge in [0.25, 0.3) is 0 Å². The van der Waals surface area contributed by atoms with E-state index < -0.39 is 0 Å². The fourth-order valence-corrected chi connectivity index (χ4v) is 11.0. The molecule has 0 atom stereocenters. The number of benzene rings is 7. The maximum atomic E-state index is 2.54. The predicted octanol–water partition coefficient (Wildman–Crippen LogP) is 8.04. The van der Waals surface area contributed by atoms with E-state index in [1.807, 2.05) is 11.3 Å². The van der Waals surface area contributed by atoms with E-state index in [2.05, 4.69) is 173 Å². The van der Waals surface area contributed by atoms with Gasteiger partial charge in [0.05, 0.1) is 15.7 Å². The minimum absolute atomic E-state index is 0.154. The number of rotatable bonds is 3. The number of aromatic nitrogens is 1. The highest BCUT2D eigenvalue weighted by Gasteiger charge is 2.40. The predicted molar refractivity (Wildman–Crippen MR) is 226 cm³/mol. The molecule has 0 amide bonds. The fourth-order valence-electron chi connectivity index (χ4n) is 9.71. The van der Waals surface area contributed by atoms with Crippen molar-refractivity contribution in [2.24, 2.45) is 0 Å². The number of nitrogens with zero attached hydrogens (tertiary/aromatic N) is 1. The molecule has 242 valence electrons. The average molecular weight is 670 g/mol. The van der Waals surface area contributed by atoms with Crippen molar-refractivity contribution in [1.82, 2.24) is 4.57 Å². The normalized spacial score (nSPS) is 12.7. The Morgan fingerprint density at radius 3 is 1.51 bits per heavy atom. The summed E-state index contributed by atoms with van der Waals surface area (Å²) < 4.78 is 5.23. The largest absolute Gasteiger partial charge is 0.308 e. The van der Waals surface area contributed by atoms with Crippen LogP contribution in [0, 0.1) is 34.6 Å². The van der Waals surface area contributed by atoms with Crippen LogP contribution < -0.4 is 32.8 Å². The first kappa shape index (κ1) is 30.5. The molecule has 1 aliphatic rings. The zero-order valence-electron chi connectivity index (χ0n) is 29.7. The summed E-state index contributed by atoms with van der Waals surface area (Å²) in [5, 5.41) is 5.28. The summed E-state index contributed by atoms with van der Waals surface area (Å²) >= 11 is 1.91.